The van der Waals surface area contributed by atoms with Crippen molar-refractivity contribution in [3.63, 3.8) is 0 Å². The second-order valence-electron chi connectivity index (χ2n) is 6.88. The zero-order chi connectivity index (χ0) is 17.9. The molecule has 5 nitrogen and oxygen atoms in total. The van der Waals surface area contributed by atoms with Gasteiger partial charge in [-0.3, -0.25) is 4.79 Å². The molecule has 0 unspecified atom stereocenters. The summed E-state index contributed by atoms with van der Waals surface area (Å²) in [6.07, 6.45) is 5.12. The van der Waals surface area contributed by atoms with Crippen molar-refractivity contribution in [1.29, 1.82) is 0 Å². The van der Waals surface area contributed by atoms with E-state index in [1.54, 1.807) is 28.9 Å². The fourth-order valence-electron chi connectivity index (χ4n) is 3.39. The highest BCUT2D eigenvalue weighted by Gasteiger charge is 2.20. The molecule has 1 amide bonds. The van der Waals surface area contributed by atoms with Gasteiger partial charge in [0.05, 0.1) is 29.3 Å². The Hall–Kier alpha value is -1.70. The average molecular weight is 390 g/mol. The number of amides is 1. The number of rotatable bonds is 4. The van der Waals surface area contributed by atoms with Crippen LogP contribution in [0.15, 0.2) is 23.3 Å². The zero-order valence-electron chi connectivity index (χ0n) is 14.9. The Morgan fingerprint density at radius 3 is 3.04 bits per heavy atom. The van der Waals surface area contributed by atoms with Crippen molar-refractivity contribution in [2.75, 3.05) is 31.2 Å². The van der Waals surface area contributed by atoms with Gasteiger partial charge in [0.15, 0.2) is 0 Å². The number of carbonyl (C=O) groups excluding carboxylic acids is 1. The van der Waals surface area contributed by atoms with E-state index in [9.17, 15) is 4.79 Å². The van der Waals surface area contributed by atoms with Crippen molar-refractivity contribution in [2.45, 2.75) is 26.2 Å². The summed E-state index contributed by atoms with van der Waals surface area (Å²) < 4.78 is 5.39. The molecule has 138 valence electrons. The lowest BCUT2D eigenvalue weighted by molar-refractivity contribution is 0.0959. The molecule has 7 heteroatoms. The summed E-state index contributed by atoms with van der Waals surface area (Å²) in [5.41, 5.74) is 4.01. The lowest BCUT2D eigenvalue weighted by Crippen LogP contribution is -2.35. The van der Waals surface area contributed by atoms with E-state index in [0.717, 1.165) is 48.9 Å². The molecule has 0 saturated carbocycles. The lowest BCUT2D eigenvalue weighted by Gasteiger charge is -2.27. The van der Waals surface area contributed by atoms with Crippen LogP contribution in [0.25, 0.3) is 0 Å². The summed E-state index contributed by atoms with van der Waals surface area (Å²) in [4.78, 5) is 17.8. The minimum Gasteiger partial charge on any atom is -0.378 e. The predicted molar refractivity (Wildman–Crippen MR) is 108 cm³/mol. The molecule has 1 aliphatic heterocycles. The molecule has 1 saturated heterocycles. The molecule has 2 aromatic heterocycles. The lowest BCUT2D eigenvalue weighted by atomic mass is 9.90. The molecule has 0 radical (unpaired) electrons. The van der Waals surface area contributed by atoms with E-state index in [1.165, 1.54) is 21.9 Å². The topological polar surface area (TPSA) is 53.9 Å². The molecule has 4 rings (SSSR count). The smallest absolute Gasteiger partial charge is 0.281 e. The number of hydrazone groups is 1. The van der Waals surface area contributed by atoms with Gasteiger partial charge >= 0.3 is 0 Å². The number of hydrogen-bond donors (Lipinski definition) is 1. The Labute approximate surface area is 161 Å². The van der Waals surface area contributed by atoms with Gasteiger partial charge in [0.1, 0.15) is 0 Å². The number of anilines is 1. The van der Waals surface area contributed by atoms with Crippen molar-refractivity contribution >= 4 is 39.8 Å². The average Bonchev–Trinajstić information content (AvgIpc) is 3.29. The van der Waals surface area contributed by atoms with Gasteiger partial charge in [-0.15, -0.1) is 22.7 Å². The number of nitrogens with one attached hydrogen (secondary N) is 1. The van der Waals surface area contributed by atoms with Crippen LogP contribution in [0, 0.1) is 5.92 Å². The third-order valence-electron chi connectivity index (χ3n) is 4.85. The number of morpholine rings is 1. The van der Waals surface area contributed by atoms with Crippen LogP contribution in [-0.2, 0) is 17.6 Å². The van der Waals surface area contributed by atoms with E-state index >= 15 is 0 Å². The van der Waals surface area contributed by atoms with Crippen molar-refractivity contribution in [1.82, 2.24) is 5.43 Å². The number of aryl methyl sites for hydroxylation is 1. The molecule has 26 heavy (non-hydrogen) atoms. The van der Waals surface area contributed by atoms with Crippen LogP contribution < -0.4 is 10.3 Å². The van der Waals surface area contributed by atoms with Gasteiger partial charge in [-0.25, -0.2) is 5.43 Å². The molecule has 1 atom stereocenters. The SMILES string of the molecule is C[C@@H]1CCc2sc(C(=O)N/N=C\c3ccc(N4CCOCC4)s3)cc2C1. The third-order valence-corrected chi connectivity index (χ3v) is 7.16. The second-order valence-corrected chi connectivity index (χ2v) is 9.11. The number of ether oxygens (including phenoxy) is 1. The maximum atomic E-state index is 12.4. The van der Waals surface area contributed by atoms with Crippen molar-refractivity contribution < 1.29 is 9.53 Å². The first-order chi connectivity index (χ1) is 12.7. The second kappa shape index (κ2) is 7.90. The van der Waals surface area contributed by atoms with Crippen LogP contribution in [0.5, 0.6) is 0 Å². The van der Waals surface area contributed by atoms with E-state index in [-0.39, 0.29) is 5.91 Å². The molecule has 2 aromatic rings. The molecule has 1 N–H and O–H groups in total. The van der Waals surface area contributed by atoms with Gasteiger partial charge in [-0.1, -0.05) is 6.92 Å². The molecule has 0 aromatic carbocycles. The molecular formula is C19H23N3O2S2. The fourth-order valence-corrected chi connectivity index (χ4v) is 5.42. The first kappa shape index (κ1) is 17.7. The number of carbonyl (C=O) groups is 1. The first-order valence-corrected chi connectivity index (χ1v) is 10.7. The quantitative estimate of drug-likeness (QED) is 0.643. The Kier molecular flexibility index (Phi) is 5.38. The summed E-state index contributed by atoms with van der Waals surface area (Å²) in [7, 11) is 0. The Morgan fingerprint density at radius 1 is 1.35 bits per heavy atom. The molecule has 0 spiro atoms. The molecule has 3 heterocycles. The summed E-state index contributed by atoms with van der Waals surface area (Å²) in [5.74, 6) is 0.601. The summed E-state index contributed by atoms with van der Waals surface area (Å²) in [6.45, 7) is 5.68. The highest BCUT2D eigenvalue weighted by Crippen LogP contribution is 2.32. The zero-order valence-corrected chi connectivity index (χ0v) is 16.5. The van der Waals surface area contributed by atoms with Crippen molar-refractivity contribution in [2.24, 2.45) is 11.0 Å². The molecule has 0 bridgehead atoms. The van der Waals surface area contributed by atoms with Crippen LogP contribution in [0.2, 0.25) is 0 Å². The largest absolute Gasteiger partial charge is 0.378 e. The highest BCUT2D eigenvalue weighted by atomic mass is 32.1. The Morgan fingerprint density at radius 2 is 2.19 bits per heavy atom. The van der Waals surface area contributed by atoms with Crippen LogP contribution in [0.4, 0.5) is 5.00 Å². The van der Waals surface area contributed by atoms with E-state index < -0.39 is 0 Å². The van der Waals surface area contributed by atoms with Crippen molar-refractivity contribution in [3.05, 3.63) is 38.4 Å². The minimum absolute atomic E-state index is 0.113. The monoisotopic (exact) mass is 389 g/mol. The molecule has 1 aliphatic carbocycles. The van der Waals surface area contributed by atoms with Crippen LogP contribution in [0.1, 0.15) is 38.3 Å². The van der Waals surface area contributed by atoms with E-state index in [1.807, 2.05) is 12.1 Å². The van der Waals surface area contributed by atoms with Gasteiger partial charge in [0, 0.05) is 22.8 Å². The highest BCUT2D eigenvalue weighted by molar-refractivity contribution is 7.17. The van der Waals surface area contributed by atoms with Gasteiger partial charge in [0.25, 0.3) is 5.91 Å². The fraction of sp³-hybridized carbons (Fsp3) is 0.474. The Bertz CT molecular complexity index is 806. The number of thiophene rings is 2. The first-order valence-electron chi connectivity index (χ1n) is 9.06. The molecule has 1 fully saturated rings. The summed E-state index contributed by atoms with van der Waals surface area (Å²) >= 11 is 3.29. The van der Waals surface area contributed by atoms with Gasteiger partial charge in [-0.2, -0.15) is 5.10 Å². The van der Waals surface area contributed by atoms with E-state index in [0.29, 0.717) is 5.92 Å². The normalized spacial score (nSPS) is 20.3. The number of fused-ring (bicyclic) bond motifs is 1. The van der Waals surface area contributed by atoms with E-state index in [2.05, 4.69) is 28.4 Å². The Balaban J connectivity index is 1.35. The standard InChI is InChI=1S/C19H23N3O2S2/c1-13-2-4-16-14(10-13)11-17(26-16)19(23)21-20-12-15-3-5-18(25-15)22-6-8-24-9-7-22/h3,5,11-13H,2,4,6-10H2,1H3,(H,21,23)/b20-12-/t13-/m1/s1. The summed E-state index contributed by atoms with van der Waals surface area (Å²) in [6, 6.07) is 6.19. The third kappa shape index (κ3) is 4.00. The molecule has 2 aliphatic rings. The van der Waals surface area contributed by atoms with Crippen LogP contribution in [-0.4, -0.2) is 38.4 Å². The maximum Gasteiger partial charge on any atom is 0.281 e. The number of hydrogen-bond acceptors (Lipinski definition) is 6. The van der Waals surface area contributed by atoms with E-state index in [4.69, 9.17) is 4.74 Å². The van der Waals surface area contributed by atoms with Gasteiger partial charge < -0.3 is 9.64 Å². The number of nitrogens with zero attached hydrogens (tertiary/aromatic N) is 2. The van der Waals surface area contributed by atoms with Crippen LogP contribution >= 0.6 is 22.7 Å². The van der Waals surface area contributed by atoms with Gasteiger partial charge in [-0.05, 0) is 48.9 Å². The van der Waals surface area contributed by atoms with Gasteiger partial charge in [0.2, 0.25) is 0 Å². The molecular weight excluding hydrogens is 366 g/mol. The summed E-state index contributed by atoms with van der Waals surface area (Å²) in [5, 5.41) is 5.37. The van der Waals surface area contributed by atoms with Crippen LogP contribution in [0.3, 0.4) is 0 Å². The predicted octanol–water partition coefficient (Wildman–Crippen LogP) is 3.53. The maximum absolute atomic E-state index is 12.4. The van der Waals surface area contributed by atoms with Crippen molar-refractivity contribution in [3.8, 4) is 0 Å². The minimum atomic E-state index is -0.113.